The molecule has 6 rings (SSSR count). The number of hydrogen-bond donors (Lipinski definition) is 1. The van der Waals surface area contributed by atoms with Crippen LogP contribution < -0.4 is 4.74 Å². The van der Waals surface area contributed by atoms with Crippen LogP contribution in [0.3, 0.4) is 0 Å². The maximum atomic E-state index is 13.8. The van der Waals surface area contributed by atoms with Gasteiger partial charge in [-0.15, -0.1) is 0 Å². The van der Waals surface area contributed by atoms with E-state index in [9.17, 15) is 4.79 Å². The molecular weight excluding hydrogens is 408 g/mol. The molecule has 166 valence electrons. The van der Waals surface area contributed by atoms with Gasteiger partial charge in [-0.2, -0.15) is 0 Å². The van der Waals surface area contributed by atoms with Crippen molar-refractivity contribution in [1.29, 1.82) is 0 Å². The molecule has 3 aromatic carbocycles. The van der Waals surface area contributed by atoms with E-state index >= 15 is 0 Å². The highest BCUT2D eigenvalue weighted by Gasteiger charge is 2.43. The lowest BCUT2D eigenvalue weighted by Crippen LogP contribution is -2.40. The van der Waals surface area contributed by atoms with Gasteiger partial charge < -0.3 is 14.6 Å². The molecule has 2 heterocycles. The monoisotopic (exact) mass is 436 g/mol. The Hall–Kier alpha value is -3.53. The summed E-state index contributed by atoms with van der Waals surface area (Å²) in [6, 6.07) is 25.0. The molecule has 1 aliphatic heterocycles. The van der Waals surface area contributed by atoms with Crippen molar-refractivity contribution in [3.63, 3.8) is 0 Å². The third-order valence-corrected chi connectivity index (χ3v) is 7.34. The number of carbonyl (C=O) groups is 1. The molecule has 1 amide bonds. The van der Waals surface area contributed by atoms with Gasteiger partial charge in [-0.25, -0.2) is 0 Å². The molecular formula is C29H28N2O2. The van der Waals surface area contributed by atoms with Crippen LogP contribution in [-0.2, 0) is 0 Å². The number of benzene rings is 3. The molecule has 0 radical (unpaired) electrons. The Bertz CT molecular complexity index is 1330. The minimum absolute atomic E-state index is 0.103. The second-order valence-electron chi connectivity index (χ2n) is 9.19. The topological polar surface area (TPSA) is 45.3 Å². The first-order valence-electron chi connectivity index (χ1n) is 11.9. The Morgan fingerprint density at radius 3 is 2.55 bits per heavy atom. The molecule has 4 nitrogen and oxygen atoms in total. The molecule has 1 aromatic heterocycles. The number of aromatic amines is 1. The molecule has 1 N–H and O–H groups in total. The van der Waals surface area contributed by atoms with E-state index in [0.717, 1.165) is 46.5 Å². The Kier molecular flexibility index (Phi) is 4.94. The fourth-order valence-corrected chi connectivity index (χ4v) is 5.82. The molecule has 0 saturated heterocycles. The fraction of sp³-hybridized carbons (Fsp3) is 0.276. The lowest BCUT2D eigenvalue weighted by atomic mass is 9.89. The number of ether oxygens (including phenoxy) is 1. The Balaban J connectivity index is 1.61. The number of nitrogens with one attached hydrogen (secondary N) is 1. The van der Waals surface area contributed by atoms with Gasteiger partial charge in [-0.05, 0) is 42.7 Å². The number of amides is 1. The smallest absolute Gasteiger partial charge is 0.255 e. The maximum Gasteiger partial charge on any atom is 0.255 e. The van der Waals surface area contributed by atoms with Crippen molar-refractivity contribution in [3.05, 3.63) is 89.5 Å². The van der Waals surface area contributed by atoms with Crippen LogP contribution in [0.5, 0.6) is 5.75 Å². The van der Waals surface area contributed by atoms with Gasteiger partial charge in [0.25, 0.3) is 5.91 Å². The first kappa shape index (κ1) is 20.1. The SMILES string of the molecule is COc1cccc(-c2[nH]c3ccccc3c2C2c3ccccc3C(=O)N2C2CCCCC2)c1. The van der Waals surface area contributed by atoms with Gasteiger partial charge in [0, 0.05) is 33.6 Å². The van der Waals surface area contributed by atoms with E-state index in [1.54, 1.807) is 7.11 Å². The summed E-state index contributed by atoms with van der Waals surface area (Å²) >= 11 is 0. The van der Waals surface area contributed by atoms with Crippen LogP contribution in [0.25, 0.3) is 22.2 Å². The predicted molar refractivity (Wildman–Crippen MR) is 132 cm³/mol. The Labute approximate surface area is 194 Å². The zero-order valence-electron chi connectivity index (χ0n) is 18.9. The van der Waals surface area contributed by atoms with Crippen LogP contribution in [0.4, 0.5) is 0 Å². The summed E-state index contributed by atoms with van der Waals surface area (Å²) in [5.41, 5.74) is 6.36. The van der Waals surface area contributed by atoms with E-state index in [0.29, 0.717) is 0 Å². The Morgan fingerprint density at radius 2 is 1.70 bits per heavy atom. The van der Waals surface area contributed by atoms with Crippen molar-refractivity contribution in [2.24, 2.45) is 0 Å². The number of methoxy groups -OCH3 is 1. The zero-order chi connectivity index (χ0) is 22.4. The van der Waals surface area contributed by atoms with Crippen molar-refractivity contribution >= 4 is 16.8 Å². The maximum absolute atomic E-state index is 13.8. The number of hydrogen-bond acceptors (Lipinski definition) is 2. The molecule has 4 aromatic rings. The third kappa shape index (κ3) is 3.24. The second-order valence-corrected chi connectivity index (χ2v) is 9.19. The van der Waals surface area contributed by atoms with Crippen LogP contribution in [0.2, 0.25) is 0 Å². The van der Waals surface area contributed by atoms with E-state index in [1.807, 2.05) is 24.3 Å². The number of carbonyl (C=O) groups excluding carboxylic acids is 1. The first-order chi connectivity index (χ1) is 16.3. The van der Waals surface area contributed by atoms with Crippen LogP contribution in [0.15, 0.2) is 72.8 Å². The summed E-state index contributed by atoms with van der Waals surface area (Å²) in [5.74, 6) is 0.994. The van der Waals surface area contributed by atoms with Gasteiger partial charge in [0.05, 0.1) is 18.8 Å². The average Bonchev–Trinajstić information content (AvgIpc) is 3.40. The highest BCUT2D eigenvalue weighted by atomic mass is 16.5. The number of nitrogens with zero attached hydrogens (tertiary/aromatic N) is 1. The number of H-pyrrole nitrogens is 1. The van der Waals surface area contributed by atoms with E-state index in [2.05, 4.69) is 58.4 Å². The van der Waals surface area contributed by atoms with Crippen LogP contribution in [0.1, 0.15) is 59.6 Å². The van der Waals surface area contributed by atoms with Crippen LogP contribution in [-0.4, -0.2) is 28.9 Å². The number of para-hydroxylation sites is 1. The normalized spacial score (nSPS) is 18.6. The molecule has 1 fully saturated rings. The van der Waals surface area contributed by atoms with E-state index in [4.69, 9.17) is 4.74 Å². The summed E-state index contributed by atoms with van der Waals surface area (Å²) in [5, 5.41) is 1.17. The van der Waals surface area contributed by atoms with Gasteiger partial charge in [0.2, 0.25) is 0 Å². The second kappa shape index (κ2) is 8.11. The average molecular weight is 437 g/mol. The van der Waals surface area contributed by atoms with Crippen molar-refractivity contribution in [3.8, 4) is 17.0 Å². The summed E-state index contributed by atoms with van der Waals surface area (Å²) in [4.78, 5) is 19.7. The minimum atomic E-state index is -0.103. The van der Waals surface area contributed by atoms with Crippen molar-refractivity contribution < 1.29 is 9.53 Å². The molecule has 2 aliphatic rings. The molecule has 1 aliphatic carbocycles. The number of aromatic nitrogens is 1. The number of rotatable bonds is 4. The molecule has 1 saturated carbocycles. The molecule has 33 heavy (non-hydrogen) atoms. The fourth-order valence-electron chi connectivity index (χ4n) is 5.82. The van der Waals surface area contributed by atoms with E-state index in [-0.39, 0.29) is 18.0 Å². The zero-order valence-corrected chi connectivity index (χ0v) is 18.9. The highest BCUT2D eigenvalue weighted by molar-refractivity contribution is 6.02. The van der Waals surface area contributed by atoms with Gasteiger partial charge in [-0.3, -0.25) is 4.79 Å². The predicted octanol–water partition coefficient (Wildman–Crippen LogP) is 6.72. The Morgan fingerprint density at radius 1 is 0.909 bits per heavy atom. The molecule has 1 atom stereocenters. The lowest BCUT2D eigenvalue weighted by molar-refractivity contribution is 0.0614. The van der Waals surface area contributed by atoms with Gasteiger partial charge in [0.1, 0.15) is 5.75 Å². The van der Waals surface area contributed by atoms with Gasteiger partial charge in [-0.1, -0.05) is 67.8 Å². The third-order valence-electron chi connectivity index (χ3n) is 7.34. The van der Waals surface area contributed by atoms with Crippen LogP contribution >= 0.6 is 0 Å². The largest absolute Gasteiger partial charge is 0.497 e. The summed E-state index contributed by atoms with van der Waals surface area (Å²) in [6.45, 7) is 0. The standard InChI is InChI=1S/C29H28N2O2/c1-33-21-13-9-10-19(18-21)27-26(24-16-7-8-17-25(24)30-27)28-22-14-5-6-15-23(22)29(32)31(28)20-11-3-2-4-12-20/h5-10,13-18,20,28,30H,2-4,11-12H2,1H3. The van der Waals surface area contributed by atoms with E-state index < -0.39 is 0 Å². The quantitative estimate of drug-likeness (QED) is 0.386. The van der Waals surface area contributed by atoms with Crippen molar-refractivity contribution in [1.82, 2.24) is 9.88 Å². The minimum Gasteiger partial charge on any atom is -0.497 e. The van der Waals surface area contributed by atoms with E-state index in [1.165, 1.54) is 30.2 Å². The van der Waals surface area contributed by atoms with Crippen molar-refractivity contribution in [2.45, 2.75) is 44.2 Å². The molecule has 0 bridgehead atoms. The molecule has 1 unspecified atom stereocenters. The summed E-state index contributed by atoms with van der Waals surface area (Å²) in [6.07, 6.45) is 5.79. The van der Waals surface area contributed by atoms with Gasteiger partial charge in [0.15, 0.2) is 0 Å². The molecule has 4 heteroatoms. The first-order valence-corrected chi connectivity index (χ1v) is 11.9. The highest BCUT2D eigenvalue weighted by Crippen LogP contribution is 2.47. The van der Waals surface area contributed by atoms with Gasteiger partial charge >= 0.3 is 0 Å². The van der Waals surface area contributed by atoms with Crippen LogP contribution in [0, 0.1) is 0 Å². The lowest BCUT2D eigenvalue weighted by Gasteiger charge is -2.36. The number of fused-ring (bicyclic) bond motifs is 2. The summed E-state index contributed by atoms with van der Waals surface area (Å²) in [7, 11) is 1.70. The summed E-state index contributed by atoms with van der Waals surface area (Å²) < 4.78 is 5.53. The molecule has 0 spiro atoms. The van der Waals surface area contributed by atoms with Crippen molar-refractivity contribution in [2.75, 3.05) is 7.11 Å².